The Labute approximate surface area is 86.3 Å². The lowest BCUT2D eigenvalue weighted by Gasteiger charge is -2.09. The number of hydrogen-bond acceptors (Lipinski definition) is 4. The molecule has 0 radical (unpaired) electrons. The third-order valence-electron chi connectivity index (χ3n) is 2.27. The molecule has 0 aliphatic carbocycles. The van der Waals surface area contributed by atoms with E-state index in [1.807, 2.05) is 6.92 Å². The fourth-order valence-corrected chi connectivity index (χ4v) is 1.38. The van der Waals surface area contributed by atoms with Crippen LogP contribution in [0, 0.1) is 13.8 Å². The van der Waals surface area contributed by atoms with Crippen molar-refractivity contribution in [1.82, 2.24) is 15.2 Å². The minimum atomic E-state index is -0.395. The van der Waals surface area contributed by atoms with Crippen LogP contribution in [0.25, 0.3) is 0 Å². The molecule has 2 heterocycles. The lowest BCUT2D eigenvalue weighted by atomic mass is 10.4. The third kappa shape index (κ3) is 1.83. The van der Waals surface area contributed by atoms with E-state index in [4.69, 9.17) is 4.42 Å². The summed E-state index contributed by atoms with van der Waals surface area (Å²) in [5.74, 6) is 0.894. The molecule has 0 aromatic carbocycles. The van der Waals surface area contributed by atoms with E-state index in [0.717, 1.165) is 11.5 Å². The molecule has 0 spiro atoms. The predicted molar refractivity (Wildman–Crippen MR) is 49.9 cm³/mol. The van der Waals surface area contributed by atoms with Crippen molar-refractivity contribution in [2.45, 2.75) is 20.4 Å². The number of urea groups is 1. The maximum atomic E-state index is 11.2. The van der Waals surface area contributed by atoms with Crippen molar-refractivity contribution in [1.29, 1.82) is 0 Å². The van der Waals surface area contributed by atoms with Gasteiger partial charge in [0.05, 0.1) is 12.2 Å². The summed E-state index contributed by atoms with van der Waals surface area (Å²) >= 11 is 0. The number of nitrogens with one attached hydrogen (secondary N) is 1. The minimum absolute atomic E-state index is 0.0688. The van der Waals surface area contributed by atoms with Gasteiger partial charge in [0.2, 0.25) is 11.8 Å². The molecule has 1 aromatic heterocycles. The summed E-state index contributed by atoms with van der Waals surface area (Å²) in [5, 5.41) is 2.19. The summed E-state index contributed by atoms with van der Waals surface area (Å²) in [5.41, 5.74) is 0.802. The van der Waals surface area contributed by atoms with Gasteiger partial charge in [-0.1, -0.05) is 0 Å². The lowest BCUT2D eigenvalue weighted by molar-refractivity contribution is -0.118. The SMILES string of the molecule is Cc1nc(CN2CC(=O)NC2=O)oc1C. The van der Waals surface area contributed by atoms with Gasteiger partial charge in [0, 0.05) is 0 Å². The van der Waals surface area contributed by atoms with Crippen molar-refractivity contribution in [2.24, 2.45) is 0 Å². The zero-order valence-corrected chi connectivity index (χ0v) is 8.53. The number of aryl methyl sites for hydroxylation is 2. The molecule has 2 rings (SSSR count). The number of nitrogens with zero attached hydrogens (tertiary/aromatic N) is 2. The molecule has 0 atom stereocenters. The average Bonchev–Trinajstić information content (AvgIpc) is 2.59. The molecule has 0 saturated carbocycles. The summed E-state index contributed by atoms with van der Waals surface area (Å²) in [6.45, 7) is 3.93. The van der Waals surface area contributed by atoms with Crippen LogP contribution in [0.15, 0.2) is 4.42 Å². The number of rotatable bonds is 2. The van der Waals surface area contributed by atoms with Crippen molar-refractivity contribution >= 4 is 11.9 Å². The largest absolute Gasteiger partial charge is 0.444 e. The first kappa shape index (κ1) is 9.70. The molecule has 1 N–H and O–H groups in total. The summed E-state index contributed by atoms with van der Waals surface area (Å²) < 4.78 is 5.32. The highest BCUT2D eigenvalue weighted by Gasteiger charge is 2.27. The topological polar surface area (TPSA) is 75.4 Å². The van der Waals surface area contributed by atoms with Crippen molar-refractivity contribution < 1.29 is 14.0 Å². The Kier molecular flexibility index (Phi) is 2.18. The Morgan fingerprint density at radius 3 is 2.67 bits per heavy atom. The first-order chi connectivity index (χ1) is 7.06. The summed E-state index contributed by atoms with van der Waals surface area (Å²) in [7, 11) is 0. The molecule has 1 aromatic rings. The van der Waals surface area contributed by atoms with Gasteiger partial charge < -0.3 is 9.32 Å². The quantitative estimate of drug-likeness (QED) is 0.713. The van der Waals surface area contributed by atoms with Crippen molar-refractivity contribution in [3.05, 3.63) is 17.3 Å². The van der Waals surface area contributed by atoms with Crippen molar-refractivity contribution in [3.8, 4) is 0 Å². The Morgan fingerprint density at radius 1 is 1.47 bits per heavy atom. The molecule has 0 unspecified atom stereocenters. The molecule has 3 amide bonds. The number of imide groups is 1. The highest BCUT2D eigenvalue weighted by atomic mass is 16.4. The average molecular weight is 209 g/mol. The van der Waals surface area contributed by atoms with E-state index < -0.39 is 6.03 Å². The molecule has 1 aliphatic heterocycles. The second-order valence-electron chi connectivity index (χ2n) is 3.46. The molecule has 80 valence electrons. The third-order valence-corrected chi connectivity index (χ3v) is 2.27. The fraction of sp³-hybridized carbons (Fsp3) is 0.444. The van der Waals surface area contributed by atoms with Gasteiger partial charge in [-0.15, -0.1) is 0 Å². The van der Waals surface area contributed by atoms with Crippen LogP contribution >= 0.6 is 0 Å². The van der Waals surface area contributed by atoms with Gasteiger partial charge in [-0.25, -0.2) is 9.78 Å². The molecular formula is C9H11N3O3. The summed E-state index contributed by atoms with van der Waals surface area (Å²) in [6.07, 6.45) is 0. The molecule has 1 aliphatic rings. The number of hydrogen-bond donors (Lipinski definition) is 1. The van der Waals surface area contributed by atoms with E-state index in [2.05, 4.69) is 10.3 Å². The zero-order chi connectivity index (χ0) is 11.0. The van der Waals surface area contributed by atoms with E-state index >= 15 is 0 Å². The summed E-state index contributed by atoms with van der Waals surface area (Å²) in [6, 6.07) is -0.395. The number of amides is 3. The van der Waals surface area contributed by atoms with Gasteiger partial charge in [0.1, 0.15) is 12.3 Å². The van der Waals surface area contributed by atoms with Crippen LogP contribution in [-0.4, -0.2) is 28.4 Å². The second kappa shape index (κ2) is 3.38. The Balaban J connectivity index is 2.09. The molecule has 0 bridgehead atoms. The van der Waals surface area contributed by atoms with Gasteiger partial charge in [0.15, 0.2) is 0 Å². The Hall–Kier alpha value is -1.85. The van der Waals surface area contributed by atoms with Crippen LogP contribution in [0.4, 0.5) is 4.79 Å². The number of carbonyl (C=O) groups is 2. The molecule has 6 nitrogen and oxygen atoms in total. The molecule has 15 heavy (non-hydrogen) atoms. The molecule has 6 heteroatoms. The number of carbonyl (C=O) groups excluding carboxylic acids is 2. The van der Waals surface area contributed by atoms with Crippen molar-refractivity contribution in [2.75, 3.05) is 6.54 Å². The minimum Gasteiger partial charge on any atom is -0.444 e. The molecule has 1 saturated heterocycles. The molecule has 1 fully saturated rings. The monoisotopic (exact) mass is 209 g/mol. The highest BCUT2D eigenvalue weighted by Crippen LogP contribution is 2.11. The summed E-state index contributed by atoms with van der Waals surface area (Å²) in [4.78, 5) is 27.6. The van der Waals surface area contributed by atoms with E-state index in [1.54, 1.807) is 6.92 Å². The van der Waals surface area contributed by atoms with Gasteiger partial charge in [-0.2, -0.15) is 0 Å². The highest BCUT2D eigenvalue weighted by molar-refractivity contribution is 6.01. The van der Waals surface area contributed by atoms with Crippen molar-refractivity contribution in [3.63, 3.8) is 0 Å². The van der Waals surface area contributed by atoms with Crippen LogP contribution in [0.1, 0.15) is 17.3 Å². The van der Waals surface area contributed by atoms with Gasteiger partial charge >= 0.3 is 6.03 Å². The normalized spacial score (nSPS) is 16.0. The lowest BCUT2D eigenvalue weighted by Crippen LogP contribution is -2.27. The second-order valence-corrected chi connectivity index (χ2v) is 3.46. The molecular weight excluding hydrogens is 198 g/mol. The smallest absolute Gasteiger partial charge is 0.325 e. The van der Waals surface area contributed by atoms with E-state index in [1.165, 1.54) is 4.90 Å². The fourth-order valence-electron chi connectivity index (χ4n) is 1.38. The van der Waals surface area contributed by atoms with Crippen LogP contribution in [-0.2, 0) is 11.3 Å². The van der Waals surface area contributed by atoms with E-state index in [9.17, 15) is 9.59 Å². The van der Waals surface area contributed by atoms with Gasteiger partial charge in [-0.05, 0) is 13.8 Å². The maximum Gasteiger partial charge on any atom is 0.325 e. The Morgan fingerprint density at radius 2 is 2.20 bits per heavy atom. The predicted octanol–water partition coefficient (Wildman–Crippen LogP) is 0.343. The van der Waals surface area contributed by atoms with Crippen LogP contribution in [0.2, 0.25) is 0 Å². The standard InChI is InChI=1S/C9H11N3O3/c1-5-6(2)15-8(10-5)4-12-3-7(13)11-9(12)14/h3-4H2,1-2H3,(H,11,13,14). The van der Waals surface area contributed by atoms with Crippen LogP contribution in [0.3, 0.4) is 0 Å². The van der Waals surface area contributed by atoms with E-state index in [0.29, 0.717) is 5.89 Å². The van der Waals surface area contributed by atoms with Gasteiger partial charge in [-0.3, -0.25) is 10.1 Å². The Bertz CT molecular complexity index is 405. The van der Waals surface area contributed by atoms with Crippen LogP contribution in [0.5, 0.6) is 0 Å². The first-order valence-corrected chi connectivity index (χ1v) is 4.58. The van der Waals surface area contributed by atoms with Crippen LogP contribution < -0.4 is 5.32 Å². The van der Waals surface area contributed by atoms with Gasteiger partial charge in [0.25, 0.3) is 0 Å². The first-order valence-electron chi connectivity index (χ1n) is 4.58. The van der Waals surface area contributed by atoms with E-state index in [-0.39, 0.29) is 19.0 Å². The number of aromatic nitrogens is 1. The zero-order valence-electron chi connectivity index (χ0n) is 8.53. The maximum absolute atomic E-state index is 11.2. The number of oxazole rings is 1.